The van der Waals surface area contributed by atoms with Gasteiger partial charge in [-0.1, -0.05) is 102 Å². The first-order valence-electron chi connectivity index (χ1n) is 14.1. The topological polar surface area (TPSA) is 35.5 Å². The van der Waals surface area contributed by atoms with Crippen LogP contribution in [0.3, 0.4) is 0 Å². The van der Waals surface area contributed by atoms with Crippen LogP contribution in [0.4, 0.5) is 0 Å². The van der Waals surface area contributed by atoms with Gasteiger partial charge in [0.25, 0.3) is 8.32 Å². The van der Waals surface area contributed by atoms with E-state index in [0.29, 0.717) is 5.92 Å². The van der Waals surface area contributed by atoms with Gasteiger partial charge in [-0.05, 0) is 72.4 Å². The SMILES string of the molecule is C=C1C[C@H](CCCO[Si](c2ccccc2)(c2ccccc2)C(C)(C)C)OC1CC[C@@H](C)CC(C)C(C)=O. The smallest absolute Gasteiger partial charge is 0.261 e. The molecule has 2 unspecified atom stereocenters. The van der Waals surface area contributed by atoms with E-state index >= 15 is 0 Å². The second kappa shape index (κ2) is 13.2. The maximum atomic E-state index is 11.6. The highest BCUT2D eigenvalue weighted by Gasteiger charge is 2.50. The fourth-order valence-corrected chi connectivity index (χ4v) is 10.5. The summed E-state index contributed by atoms with van der Waals surface area (Å²) in [5.41, 5.74) is 1.23. The first-order valence-corrected chi connectivity index (χ1v) is 16.0. The third-order valence-electron chi connectivity index (χ3n) is 8.08. The number of rotatable bonds is 13. The van der Waals surface area contributed by atoms with E-state index in [0.717, 1.165) is 45.1 Å². The molecule has 0 amide bonds. The summed E-state index contributed by atoms with van der Waals surface area (Å²) in [5, 5.41) is 2.65. The fraction of sp³-hybridized carbons (Fsp3) is 0.545. The molecule has 0 radical (unpaired) electrons. The molecule has 4 atom stereocenters. The van der Waals surface area contributed by atoms with E-state index in [-0.39, 0.29) is 28.9 Å². The van der Waals surface area contributed by atoms with Crippen LogP contribution in [0, 0.1) is 11.8 Å². The molecular weight excluding hydrogens is 472 g/mol. The normalized spacial score (nSPS) is 20.1. The van der Waals surface area contributed by atoms with Gasteiger partial charge < -0.3 is 9.16 Å². The molecule has 2 aromatic rings. The van der Waals surface area contributed by atoms with E-state index in [1.165, 1.54) is 15.9 Å². The van der Waals surface area contributed by atoms with Crippen LogP contribution in [-0.2, 0) is 14.0 Å². The van der Waals surface area contributed by atoms with Crippen molar-refractivity contribution in [1.82, 2.24) is 0 Å². The Morgan fingerprint density at radius 1 is 1.03 bits per heavy atom. The van der Waals surface area contributed by atoms with Crippen molar-refractivity contribution < 1.29 is 14.0 Å². The second-order valence-electron chi connectivity index (χ2n) is 12.2. The number of Topliss-reactive ketones (excluding diaryl/α,β-unsaturated/α-hetero) is 1. The van der Waals surface area contributed by atoms with Gasteiger partial charge in [-0.15, -0.1) is 0 Å². The van der Waals surface area contributed by atoms with Gasteiger partial charge in [-0.3, -0.25) is 4.79 Å². The summed E-state index contributed by atoms with van der Waals surface area (Å²) in [4.78, 5) is 11.6. The van der Waals surface area contributed by atoms with E-state index in [4.69, 9.17) is 9.16 Å². The van der Waals surface area contributed by atoms with Crippen LogP contribution < -0.4 is 10.4 Å². The first kappa shape index (κ1) is 29.5. The second-order valence-corrected chi connectivity index (χ2v) is 16.5. The van der Waals surface area contributed by atoms with Gasteiger partial charge in [0.05, 0.1) is 12.2 Å². The van der Waals surface area contributed by atoms with Gasteiger partial charge in [0.1, 0.15) is 5.78 Å². The molecule has 0 aromatic heterocycles. The lowest BCUT2D eigenvalue weighted by molar-refractivity contribution is -0.120. The lowest BCUT2D eigenvalue weighted by atomic mass is 9.90. The molecule has 202 valence electrons. The quantitative estimate of drug-likeness (QED) is 0.161. The highest BCUT2D eigenvalue weighted by Crippen LogP contribution is 2.37. The number of ether oxygens (including phenoxy) is 1. The summed E-state index contributed by atoms with van der Waals surface area (Å²) in [6, 6.07) is 21.7. The van der Waals surface area contributed by atoms with Crippen LogP contribution in [0.1, 0.15) is 80.1 Å². The highest BCUT2D eigenvalue weighted by atomic mass is 28.4. The summed E-state index contributed by atoms with van der Waals surface area (Å²) in [6.07, 6.45) is 6.32. The van der Waals surface area contributed by atoms with Crippen molar-refractivity contribution in [2.75, 3.05) is 6.61 Å². The van der Waals surface area contributed by atoms with Gasteiger partial charge >= 0.3 is 0 Å². The Morgan fingerprint density at radius 3 is 2.11 bits per heavy atom. The Kier molecular flexibility index (Phi) is 10.5. The number of hydrogen-bond acceptors (Lipinski definition) is 3. The number of hydrogen-bond donors (Lipinski definition) is 0. The van der Waals surface area contributed by atoms with Gasteiger partial charge in [0.2, 0.25) is 0 Å². The summed E-state index contributed by atoms with van der Waals surface area (Å²) >= 11 is 0. The molecule has 4 heteroatoms. The summed E-state index contributed by atoms with van der Waals surface area (Å²) in [6.45, 7) is 18.0. The van der Waals surface area contributed by atoms with Crippen LogP contribution in [0.25, 0.3) is 0 Å². The first-order chi connectivity index (χ1) is 17.5. The average Bonchev–Trinajstić information content (AvgIpc) is 3.22. The van der Waals surface area contributed by atoms with Crippen LogP contribution in [0.15, 0.2) is 72.8 Å². The van der Waals surface area contributed by atoms with E-state index in [9.17, 15) is 4.79 Å². The van der Waals surface area contributed by atoms with E-state index in [2.05, 4.69) is 94.9 Å². The zero-order chi connectivity index (χ0) is 27.1. The minimum Gasteiger partial charge on any atom is -0.407 e. The molecule has 2 aromatic carbocycles. The van der Waals surface area contributed by atoms with Crippen molar-refractivity contribution in [3.63, 3.8) is 0 Å². The maximum absolute atomic E-state index is 11.6. The number of benzene rings is 2. The molecule has 0 aliphatic carbocycles. The van der Waals surface area contributed by atoms with Crippen molar-refractivity contribution in [2.24, 2.45) is 11.8 Å². The van der Waals surface area contributed by atoms with E-state index in [1.807, 2.05) is 6.92 Å². The highest BCUT2D eigenvalue weighted by molar-refractivity contribution is 6.99. The van der Waals surface area contributed by atoms with Gasteiger partial charge in [-0.2, -0.15) is 0 Å². The Morgan fingerprint density at radius 2 is 1.59 bits per heavy atom. The van der Waals surface area contributed by atoms with Crippen molar-refractivity contribution in [1.29, 1.82) is 0 Å². The fourth-order valence-electron chi connectivity index (χ4n) is 5.86. The molecule has 37 heavy (non-hydrogen) atoms. The molecule has 0 spiro atoms. The standard InChI is InChI=1S/C33H48O3Si/c1-25(23-26(2)28(4)34)20-21-32-27(3)24-29(36-32)15-14-22-35-37(33(5,6)7,30-16-10-8-11-17-30)31-18-12-9-13-19-31/h8-13,16-19,25-26,29,32H,3,14-15,20-24H2,1-2,4-7H3/t25-,26?,29+,32?/m1/s1. The van der Waals surface area contributed by atoms with E-state index < -0.39 is 8.32 Å². The molecule has 0 bridgehead atoms. The Labute approximate surface area is 226 Å². The van der Waals surface area contributed by atoms with E-state index in [1.54, 1.807) is 6.92 Å². The molecule has 3 nitrogen and oxygen atoms in total. The number of carbonyl (C=O) groups is 1. The largest absolute Gasteiger partial charge is 0.407 e. The van der Waals surface area contributed by atoms with Gasteiger partial charge in [0.15, 0.2) is 0 Å². The maximum Gasteiger partial charge on any atom is 0.261 e. The molecule has 1 aliphatic rings. The summed E-state index contributed by atoms with van der Waals surface area (Å²) in [7, 11) is -2.48. The molecule has 0 N–H and O–H groups in total. The Bertz CT molecular complexity index is 956. The minimum atomic E-state index is -2.48. The minimum absolute atomic E-state index is 0.00444. The summed E-state index contributed by atoms with van der Waals surface area (Å²) in [5.74, 6) is 0.953. The van der Waals surface area contributed by atoms with Crippen LogP contribution in [0.5, 0.6) is 0 Å². The third kappa shape index (κ3) is 7.52. The van der Waals surface area contributed by atoms with Crippen molar-refractivity contribution in [3.05, 3.63) is 72.8 Å². The van der Waals surface area contributed by atoms with Crippen LogP contribution in [0.2, 0.25) is 5.04 Å². The monoisotopic (exact) mass is 520 g/mol. The van der Waals surface area contributed by atoms with Gasteiger partial charge in [-0.25, -0.2) is 0 Å². The van der Waals surface area contributed by atoms with Crippen molar-refractivity contribution in [3.8, 4) is 0 Å². The third-order valence-corrected chi connectivity index (χ3v) is 13.1. The zero-order valence-corrected chi connectivity index (χ0v) is 25.0. The Balaban J connectivity index is 1.58. The molecular formula is C33H48O3Si. The lowest BCUT2D eigenvalue weighted by Gasteiger charge is -2.43. The molecule has 1 fully saturated rings. The molecule has 1 saturated heterocycles. The number of ketones is 1. The average molecular weight is 521 g/mol. The Hall–Kier alpha value is -2.01. The molecule has 3 rings (SSSR count). The van der Waals surface area contributed by atoms with Crippen molar-refractivity contribution >= 4 is 24.5 Å². The predicted molar refractivity (Wildman–Crippen MR) is 158 cm³/mol. The number of carbonyl (C=O) groups excluding carboxylic acids is 1. The summed E-state index contributed by atoms with van der Waals surface area (Å²) < 4.78 is 13.5. The molecule has 0 saturated carbocycles. The zero-order valence-electron chi connectivity index (χ0n) is 24.0. The molecule has 1 aliphatic heterocycles. The lowest BCUT2D eigenvalue weighted by Crippen LogP contribution is -2.66. The predicted octanol–water partition coefficient (Wildman–Crippen LogP) is 7.09. The van der Waals surface area contributed by atoms with Crippen LogP contribution >= 0.6 is 0 Å². The van der Waals surface area contributed by atoms with Gasteiger partial charge in [0, 0.05) is 12.5 Å². The van der Waals surface area contributed by atoms with Crippen LogP contribution in [-0.4, -0.2) is 32.9 Å². The van der Waals surface area contributed by atoms with Crippen molar-refractivity contribution in [2.45, 2.75) is 97.3 Å². The molecule has 1 heterocycles.